The van der Waals surface area contributed by atoms with Crippen LogP contribution < -0.4 is 0 Å². The van der Waals surface area contributed by atoms with Crippen molar-refractivity contribution in [2.75, 3.05) is 0 Å². The molecule has 13 rings (SSSR count). The highest BCUT2D eigenvalue weighted by Crippen LogP contribution is 2.52. The number of para-hydroxylation sites is 8. The van der Waals surface area contributed by atoms with Gasteiger partial charge in [-0.2, -0.15) is 18.4 Å². The van der Waals surface area contributed by atoms with E-state index < -0.39 is 17.4 Å². The summed E-state index contributed by atoms with van der Waals surface area (Å²) < 4.78 is 60.4. The van der Waals surface area contributed by atoms with E-state index in [2.05, 4.69) is 6.07 Å². The maximum atomic E-state index is 17.9. The second kappa shape index (κ2) is 16.7. The van der Waals surface area contributed by atoms with Crippen molar-refractivity contribution in [2.45, 2.75) is 6.18 Å². The lowest BCUT2D eigenvalue weighted by atomic mass is 9.96. The van der Waals surface area contributed by atoms with Crippen molar-refractivity contribution in [3.05, 3.63) is 230 Å². The van der Waals surface area contributed by atoms with Crippen LogP contribution in [0, 0.1) is 11.3 Å². The molecule has 4 aromatic heterocycles. The van der Waals surface area contributed by atoms with Gasteiger partial charge in [-0.1, -0.05) is 170 Å². The SMILES string of the molecule is N#Cc1c(-n2c(-c3ccccc3)nc3ccccc32)c(-n2c(-c3ccccc3)nc3ccccc32)c(-n2c(-c3ccccc3)nc3ccccc32)c(C(F)(F)F)c1-n1c(-c2ccccc2)nc2ccccc21. The quantitative estimate of drug-likeness (QED) is 0.151. The van der Waals surface area contributed by atoms with Crippen LogP contribution in [-0.4, -0.2) is 38.2 Å². The number of alkyl halides is 3. The molecule has 0 bridgehead atoms. The molecular weight excluding hydrogens is 904 g/mol. The number of nitriles is 1. The van der Waals surface area contributed by atoms with E-state index in [1.165, 1.54) is 4.57 Å². The molecule has 0 atom stereocenters. The molecule has 0 saturated carbocycles. The molecule has 0 saturated heterocycles. The average Bonchev–Trinajstić information content (AvgIpc) is 4.21. The zero-order valence-electron chi connectivity index (χ0n) is 37.9. The van der Waals surface area contributed by atoms with Crippen molar-refractivity contribution in [3.8, 4) is 74.4 Å². The van der Waals surface area contributed by atoms with Gasteiger partial charge in [-0.25, -0.2) is 19.9 Å². The van der Waals surface area contributed by atoms with Crippen LogP contribution in [0.4, 0.5) is 13.2 Å². The first-order valence-corrected chi connectivity index (χ1v) is 23.2. The van der Waals surface area contributed by atoms with Crippen LogP contribution in [0.25, 0.3) is 112 Å². The summed E-state index contributed by atoms with van der Waals surface area (Å²) in [5.41, 5.74) is 4.21. The predicted molar refractivity (Wildman–Crippen MR) is 276 cm³/mol. The Kier molecular flexibility index (Phi) is 9.79. The van der Waals surface area contributed by atoms with E-state index in [9.17, 15) is 5.26 Å². The Bertz CT molecular complexity index is 4260. The molecule has 9 nitrogen and oxygen atoms in total. The van der Waals surface area contributed by atoms with Crippen LogP contribution in [-0.2, 0) is 6.18 Å². The van der Waals surface area contributed by atoms with Crippen LogP contribution in [0.2, 0.25) is 0 Å². The molecule has 9 aromatic carbocycles. The van der Waals surface area contributed by atoms with Gasteiger partial charge in [0.25, 0.3) is 0 Å². The lowest BCUT2D eigenvalue weighted by molar-refractivity contribution is -0.137. The van der Waals surface area contributed by atoms with Gasteiger partial charge >= 0.3 is 6.18 Å². The number of hydrogen-bond acceptors (Lipinski definition) is 5. The summed E-state index contributed by atoms with van der Waals surface area (Å²) in [5.74, 6) is 1.19. The Balaban J connectivity index is 1.39. The Hall–Kier alpha value is -9.86. The molecule has 0 aliphatic rings. The van der Waals surface area contributed by atoms with E-state index in [1.54, 1.807) is 51.6 Å². The second-order valence-electron chi connectivity index (χ2n) is 17.3. The third kappa shape index (κ3) is 6.63. The highest BCUT2D eigenvalue weighted by Gasteiger charge is 2.45. The Morgan fingerprint density at radius 1 is 0.319 bits per heavy atom. The Labute approximate surface area is 409 Å². The van der Waals surface area contributed by atoms with Crippen molar-refractivity contribution in [1.29, 1.82) is 5.26 Å². The molecule has 72 heavy (non-hydrogen) atoms. The molecule has 13 aromatic rings. The van der Waals surface area contributed by atoms with Gasteiger partial charge < -0.3 is 0 Å². The number of nitrogens with zero attached hydrogens (tertiary/aromatic N) is 9. The lowest BCUT2D eigenvalue weighted by Crippen LogP contribution is -2.23. The van der Waals surface area contributed by atoms with Crippen molar-refractivity contribution in [2.24, 2.45) is 0 Å². The average molecular weight is 940 g/mol. The van der Waals surface area contributed by atoms with E-state index in [0.29, 0.717) is 78.0 Å². The Morgan fingerprint density at radius 3 is 0.889 bits per heavy atom. The number of rotatable bonds is 8. The first-order valence-electron chi connectivity index (χ1n) is 23.2. The standard InChI is InChI=1S/C60H36F3N9/c61-60(62,63)51-52(69-47-33-17-13-29-43(47)65-56(69)38-21-5-1-6-22-38)42(37-64)53(70-48-34-18-14-30-44(48)66-57(70)39-23-7-2-8-24-39)55(72-50-36-20-16-32-46(50)68-59(72)41-27-11-4-12-28-41)54(51)71-49-35-19-15-31-45(49)67-58(71)40-25-9-3-10-26-40/h1-36H. The number of benzene rings is 9. The van der Waals surface area contributed by atoms with E-state index in [1.807, 2.05) is 180 Å². The molecule has 0 aliphatic carbocycles. The second-order valence-corrected chi connectivity index (χ2v) is 17.3. The smallest absolute Gasteiger partial charge is 0.290 e. The summed E-state index contributed by atoms with van der Waals surface area (Å²) in [6.45, 7) is 0. The lowest BCUT2D eigenvalue weighted by Gasteiger charge is -2.30. The van der Waals surface area contributed by atoms with E-state index in [4.69, 9.17) is 19.9 Å². The van der Waals surface area contributed by atoms with Crippen LogP contribution in [0.15, 0.2) is 218 Å². The van der Waals surface area contributed by atoms with Gasteiger partial charge in [-0.05, 0) is 48.5 Å². The highest BCUT2D eigenvalue weighted by molar-refractivity contribution is 5.97. The first-order chi connectivity index (χ1) is 35.4. The molecule has 0 radical (unpaired) electrons. The molecular formula is C60H36F3N9. The Morgan fingerprint density at radius 2 is 0.583 bits per heavy atom. The molecule has 0 fully saturated rings. The molecule has 0 amide bonds. The number of aromatic nitrogens is 8. The minimum atomic E-state index is -5.18. The van der Waals surface area contributed by atoms with Crippen molar-refractivity contribution < 1.29 is 13.2 Å². The number of halogens is 3. The summed E-state index contributed by atoms with van der Waals surface area (Å²) in [5, 5.41) is 12.3. The topological polar surface area (TPSA) is 95.1 Å². The fourth-order valence-electron chi connectivity index (χ4n) is 10.1. The first kappa shape index (κ1) is 42.3. The summed E-state index contributed by atoms with van der Waals surface area (Å²) in [6.07, 6.45) is -5.18. The minimum absolute atomic E-state index is 0.0153. The highest BCUT2D eigenvalue weighted by atomic mass is 19.4. The normalized spacial score (nSPS) is 11.8. The van der Waals surface area contributed by atoms with Gasteiger partial charge in [0.2, 0.25) is 0 Å². The van der Waals surface area contributed by atoms with Gasteiger partial charge in [0.05, 0.1) is 66.9 Å². The summed E-state index contributed by atoms with van der Waals surface area (Å²) >= 11 is 0. The summed E-state index contributed by atoms with van der Waals surface area (Å²) in [7, 11) is 0. The van der Waals surface area contributed by atoms with E-state index >= 15 is 13.2 Å². The van der Waals surface area contributed by atoms with Crippen molar-refractivity contribution in [3.63, 3.8) is 0 Å². The van der Waals surface area contributed by atoms with E-state index in [-0.39, 0.29) is 34.3 Å². The van der Waals surface area contributed by atoms with Gasteiger partial charge in [0, 0.05) is 22.3 Å². The largest absolute Gasteiger partial charge is 0.420 e. The fraction of sp³-hybridized carbons (Fsp3) is 0.0167. The van der Waals surface area contributed by atoms with Crippen LogP contribution in [0.5, 0.6) is 0 Å². The molecule has 4 heterocycles. The van der Waals surface area contributed by atoms with Gasteiger partial charge in [-0.15, -0.1) is 0 Å². The van der Waals surface area contributed by atoms with Gasteiger partial charge in [0.15, 0.2) is 0 Å². The predicted octanol–water partition coefficient (Wildman–Crippen LogP) is 14.6. The number of imidazole rings is 4. The minimum Gasteiger partial charge on any atom is -0.290 e. The molecule has 342 valence electrons. The van der Waals surface area contributed by atoms with Crippen molar-refractivity contribution in [1.82, 2.24) is 38.2 Å². The summed E-state index contributed by atoms with van der Waals surface area (Å²) in [6, 6.07) is 68.8. The van der Waals surface area contributed by atoms with Crippen molar-refractivity contribution >= 4 is 44.1 Å². The summed E-state index contributed by atoms with van der Waals surface area (Å²) in [4.78, 5) is 20.7. The van der Waals surface area contributed by atoms with Crippen LogP contribution in [0.3, 0.4) is 0 Å². The maximum Gasteiger partial charge on any atom is 0.420 e. The molecule has 12 heteroatoms. The van der Waals surface area contributed by atoms with Crippen LogP contribution in [0.1, 0.15) is 11.1 Å². The molecule has 0 N–H and O–H groups in total. The number of hydrogen-bond donors (Lipinski definition) is 0. The third-order valence-corrected chi connectivity index (χ3v) is 13.1. The monoisotopic (exact) mass is 939 g/mol. The van der Waals surface area contributed by atoms with Gasteiger partial charge in [0.1, 0.15) is 40.5 Å². The molecule has 0 aliphatic heterocycles. The third-order valence-electron chi connectivity index (χ3n) is 13.1. The molecule has 0 spiro atoms. The zero-order valence-corrected chi connectivity index (χ0v) is 37.9. The number of fused-ring (bicyclic) bond motifs is 4. The van der Waals surface area contributed by atoms with E-state index in [0.717, 1.165) is 0 Å². The molecule has 0 unspecified atom stereocenters. The zero-order chi connectivity index (χ0) is 48.5. The van der Waals surface area contributed by atoms with Crippen LogP contribution >= 0.6 is 0 Å². The maximum absolute atomic E-state index is 17.9. The fourth-order valence-corrected chi connectivity index (χ4v) is 10.1. The van der Waals surface area contributed by atoms with Gasteiger partial charge in [-0.3, -0.25) is 18.3 Å².